The van der Waals surface area contributed by atoms with Crippen LogP contribution in [0.1, 0.15) is 40.0 Å². The van der Waals surface area contributed by atoms with Crippen LogP contribution in [0.3, 0.4) is 0 Å². The third-order valence-electron chi connectivity index (χ3n) is 3.11. The van der Waals surface area contributed by atoms with Crippen molar-refractivity contribution in [2.75, 3.05) is 0 Å². The van der Waals surface area contributed by atoms with Crippen LogP contribution in [0.4, 0.5) is 0 Å². The fourth-order valence-electron chi connectivity index (χ4n) is 2.18. The van der Waals surface area contributed by atoms with E-state index in [4.69, 9.17) is 11.6 Å². The minimum absolute atomic E-state index is 0.0328. The Kier molecular flexibility index (Phi) is 4.88. The molecule has 0 bridgehead atoms. The second-order valence-electron chi connectivity index (χ2n) is 4.40. The Morgan fingerprint density at radius 1 is 1.28 bits per heavy atom. The quantitative estimate of drug-likeness (QED) is 0.572. The Morgan fingerprint density at radius 3 is 2.44 bits per heavy atom. The van der Waals surface area contributed by atoms with Gasteiger partial charge in [-0.2, -0.15) is 0 Å². The molecule has 0 nitrogen and oxygen atoms in total. The first-order valence-electron chi connectivity index (χ1n) is 6.08. The van der Waals surface area contributed by atoms with Crippen LogP contribution < -0.4 is 0 Å². The number of halogens is 2. The number of benzene rings is 1. The van der Waals surface area contributed by atoms with E-state index in [1.165, 1.54) is 15.3 Å². The molecule has 1 heterocycles. The van der Waals surface area contributed by atoms with Crippen LogP contribution in [-0.4, -0.2) is 0 Å². The Labute approximate surface area is 126 Å². The SMILES string of the molecule is CCC(c1ccccc1)C(Cl)c1sc(C)cc1Br. The zero-order valence-corrected chi connectivity index (χ0v) is 13.6. The summed E-state index contributed by atoms with van der Waals surface area (Å²) in [6.07, 6.45) is 1.04. The third-order valence-corrected chi connectivity index (χ3v) is 5.81. The van der Waals surface area contributed by atoms with Gasteiger partial charge in [-0.05, 0) is 40.9 Å². The summed E-state index contributed by atoms with van der Waals surface area (Å²) < 4.78 is 1.14. The molecule has 96 valence electrons. The van der Waals surface area contributed by atoms with Crippen LogP contribution in [0.5, 0.6) is 0 Å². The van der Waals surface area contributed by atoms with E-state index in [0.29, 0.717) is 5.92 Å². The molecule has 0 fully saturated rings. The fraction of sp³-hybridized carbons (Fsp3) is 0.333. The maximum Gasteiger partial charge on any atom is 0.0758 e. The fourth-order valence-corrected chi connectivity index (χ4v) is 4.83. The van der Waals surface area contributed by atoms with Gasteiger partial charge in [0.2, 0.25) is 0 Å². The minimum Gasteiger partial charge on any atom is -0.143 e. The normalized spacial score (nSPS) is 14.4. The van der Waals surface area contributed by atoms with Gasteiger partial charge in [-0.3, -0.25) is 0 Å². The number of aryl methyl sites for hydroxylation is 1. The molecule has 2 atom stereocenters. The summed E-state index contributed by atoms with van der Waals surface area (Å²) in [5.41, 5.74) is 1.32. The Balaban J connectivity index is 2.31. The lowest BCUT2D eigenvalue weighted by Gasteiger charge is -2.21. The number of rotatable bonds is 4. The van der Waals surface area contributed by atoms with Crippen LogP contribution in [0.2, 0.25) is 0 Å². The number of hydrogen-bond acceptors (Lipinski definition) is 1. The molecule has 2 aromatic rings. The molecule has 0 saturated heterocycles. The third kappa shape index (κ3) is 2.98. The highest BCUT2D eigenvalue weighted by Crippen LogP contribution is 2.44. The van der Waals surface area contributed by atoms with E-state index in [2.05, 4.69) is 60.1 Å². The number of thiophene rings is 1. The van der Waals surface area contributed by atoms with Crippen LogP contribution in [0.15, 0.2) is 40.9 Å². The molecule has 0 aliphatic carbocycles. The predicted molar refractivity (Wildman–Crippen MR) is 84.8 cm³/mol. The zero-order chi connectivity index (χ0) is 13.1. The smallest absolute Gasteiger partial charge is 0.0758 e. The average molecular weight is 344 g/mol. The van der Waals surface area contributed by atoms with Gasteiger partial charge in [-0.15, -0.1) is 22.9 Å². The van der Waals surface area contributed by atoms with E-state index >= 15 is 0 Å². The summed E-state index contributed by atoms with van der Waals surface area (Å²) in [5.74, 6) is 0.363. The topological polar surface area (TPSA) is 0 Å². The van der Waals surface area contributed by atoms with E-state index < -0.39 is 0 Å². The van der Waals surface area contributed by atoms with Crippen molar-refractivity contribution >= 4 is 38.9 Å². The number of alkyl halides is 1. The van der Waals surface area contributed by atoms with Gasteiger partial charge >= 0.3 is 0 Å². The van der Waals surface area contributed by atoms with Crippen LogP contribution in [-0.2, 0) is 0 Å². The first-order valence-corrected chi connectivity index (χ1v) is 8.13. The van der Waals surface area contributed by atoms with Crippen molar-refractivity contribution in [3.05, 3.63) is 56.2 Å². The predicted octanol–water partition coefficient (Wildman–Crippen LogP) is 6.29. The second kappa shape index (κ2) is 6.23. The highest BCUT2D eigenvalue weighted by atomic mass is 79.9. The van der Waals surface area contributed by atoms with Gasteiger partial charge in [0, 0.05) is 20.1 Å². The maximum absolute atomic E-state index is 6.71. The van der Waals surface area contributed by atoms with Crippen LogP contribution in [0.25, 0.3) is 0 Å². The molecular formula is C15H16BrClS. The molecule has 2 unspecified atom stereocenters. The van der Waals surface area contributed by atoms with E-state index in [1.807, 2.05) is 6.07 Å². The zero-order valence-electron chi connectivity index (χ0n) is 10.5. The summed E-state index contributed by atoms with van der Waals surface area (Å²) in [4.78, 5) is 2.54. The van der Waals surface area contributed by atoms with Crippen molar-refractivity contribution in [1.82, 2.24) is 0 Å². The maximum atomic E-state index is 6.71. The summed E-state index contributed by atoms with van der Waals surface area (Å²) in [6.45, 7) is 4.31. The Hall–Kier alpha value is -0.310. The van der Waals surface area contributed by atoms with Gasteiger partial charge in [0.1, 0.15) is 0 Å². The summed E-state index contributed by atoms with van der Waals surface area (Å²) in [7, 11) is 0. The molecule has 2 rings (SSSR count). The Morgan fingerprint density at radius 2 is 1.94 bits per heavy atom. The van der Waals surface area contributed by atoms with E-state index in [0.717, 1.165) is 10.9 Å². The Bertz CT molecular complexity index is 506. The molecule has 3 heteroatoms. The first kappa shape index (κ1) is 14.1. The molecule has 18 heavy (non-hydrogen) atoms. The standard InChI is InChI=1S/C15H16BrClS/c1-3-12(11-7-5-4-6-8-11)14(17)15-13(16)9-10(2)18-15/h4-9,12,14H,3H2,1-2H3. The minimum atomic E-state index is 0.0328. The highest BCUT2D eigenvalue weighted by Gasteiger charge is 2.24. The van der Waals surface area contributed by atoms with E-state index in [-0.39, 0.29) is 5.38 Å². The lowest BCUT2D eigenvalue weighted by atomic mass is 9.92. The van der Waals surface area contributed by atoms with Crippen molar-refractivity contribution in [1.29, 1.82) is 0 Å². The van der Waals surface area contributed by atoms with Crippen molar-refractivity contribution in [2.24, 2.45) is 0 Å². The molecule has 0 radical (unpaired) electrons. The van der Waals surface area contributed by atoms with Crippen molar-refractivity contribution < 1.29 is 0 Å². The van der Waals surface area contributed by atoms with E-state index in [1.54, 1.807) is 11.3 Å². The van der Waals surface area contributed by atoms with Crippen molar-refractivity contribution in [2.45, 2.75) is 31.6 Å². The molecule has 0 aliphatic heterocycles. The van der Waals surface area contributed by atoms with Crippen molar-refractivity contribution in [3.8, 4) is 0 Å². The molecule has 0 aliphatic rings. The second-order valence-corrected chi connectivity index (χ2v) is 7.01. The summed E-state index contributed by atoms with van der Waals surface area (Å²) in [5, 5.41) is 0.0328. The lowest BCUT2D eigenvalue weighted by molar-refractivity contribution is 0.645. The molecule has 1 aromatic heterocycles. The van der Waals surface area contributed by atoms with Gasteiger partial charge < -0.3 is 0 Å². The van der Waals surface area contributed by atoms with Gasteiger partial charge in [-0.1, -0.05) is 37.3 Å². The largest absolute Gasteiger partial charge is 0.143 e. The highest BCUT2D eigenvalue weighted by molar-refractivity contribution is 9.10. The molecule has 0 N–H and O–H groups in total. The van der Waals surface area contributed by atoms with Gasteiger partial charge in [-0.25, -0.2) is 0 Å². The monoisotopic (exact) mass is 342 g/mol. The van der Waals surface area contributed by atoms with Gasteiger partial charge in [0.05, 0.1) is 5.38 Å². The molecular weight excluding hydrogens is 328 g/mol. The number of hydrogen-bond donors (Lipinski definition) is 0. The van der Waals surface area contributed by atoms with Gasteiger partial charge in [0.25, 0.3) is 0 Å². The average Bonchev–Trinajstić information content (AvgIpc) is 2.70. The molecule has 0 amide bonds. The summed E-state index contributed by atoms with van der Waals surface area (Å²) >= 11 is 12.1. The molecule has 0 saturated carbocycles. The van der Waals surface area contributed by atoms with E-state index in [9.17, 15) is 0 Å². The van der Waals surface area contributed by atoms with Gasteiger partial charge in [0.15, 0.2) is 0 Å². The first-order chi connectivity index (χ1) is 8.63. The summed E-state index contributed by atoms with van der Waals surface area (Å²) in [6, 6.07) is 12.7. The van der Waals surface area contributed by atoms with Crippen LogP contribution >= 0.6 is 38.9 Å². The molecule has 0 spiro atoms. The van der Waals surface area contributed by atoms with Crippen molar-refractivity contribution in [3.63, 3.8) is 0 Å². The molecule has 1 aromatic carbocycles. The van der Waals surface area contributed by atoms with Crippen LogP contribution in [0, 0.1) is 6.92 Å². The lowest BCUT2D eigenvalue weighted by Crippen LogP contribution is -2.04.